The fourth-order valence-electron chi connectivity index (χ4n) is 1.62. The van der Waals surface area contributed by atoms with Crippen molar-refractivity contribution >= 4 is 17.2 Å². The number of pyridine rings is 1. The van der Waals surface area contributed by atoms with E-state index in [-0.39, 0.29) is 17.3 Å². The van der Waals surface area contributed by atoms with Crippen LogP contribution in [0.4, 0.5) is 17.2 Å². The molecule has 0 unspecified atom stereocenters. The Kier molecular flexibility index (Phi) is 3.65. The fourth-order valence-corrected chi connectivity index (χ4v) is 1.62. The summed E-state index contributed by atoms with van der Waals surface area (Å²) in [5.74, 6) is -0.538. The van der Waals surface area contributed by atoms with Crippen molar-refractivity contribution in [3.05, 3.63) is 56.1 Å². The molecule has 0 radical (unpaired) electrons. The average molecular weight is 290 g/mol. The van der Waals surface area contributed by atoms with Crippen molar-refractivity contribution in [3.8, 4) is 11.6 Å². The van der Waals surface area contributed by atoms with E-state index in [1.165, 1.54) is 18.2 Å². The number of hydrogen-bond acceptors (Lipinski definition) is 7. The molecule has 1 aromatic heterocycles. The van der Waals surface area contributed by atoms with Crippen LogP contribution >= 0.6 is 0 Å². The smallest absolute Gasteiger partial charge is 0.331 e. The Morgan fingerprint density at radius 3 is 2.38 bits per heavy atom. The van der Waals surface area contributed by atoms with E-state index in [0.717, 1.165) is 6.07 Å². The predicted octanol–water partition coefficient (Wildman–Crippen LogP) is 2.58. The SMILES string of the molecule is Cc1ccc(Oc2nc(N)ccc2[N+](=O)[O-])c([N+](=O)[O-])c1. The number of hydrogen-bond donors (Lipinski definition) is 1. The summed E-state index contributed by atoms with van der Waals surface area (Å²) >= 11 is 0. The standard InChI is InChI=1S/C12H10N4O5/c1-7-2-4-10(9(6-7)16(19)20)21-12-8(15(17)18)3-5-11(13)14-12/h2-6H,1H3,(H2,13,14). The van der Waals surface area contributed by atoms with Gasteiger partial charge in [-0.3, -0.25) is 20.2 Å². The summed E-state index contributed by atoms with van der Waals surface area (Å²) in [6, 6.07) is 6.60. The van der Waals surface area contributed by atoms with Crippen molar-refractivity contribution < 1.29 is 14.6 Å². The third-order valence-electron chi connectivity index (χ3n) is 2.58. The van der Waals surface area contributed by atoms with E-state index in [2.05, 4.69) is 4.98 Å². The Bertz CT molecular complexity index is 732. The number of anilines is 1. The number of rotatable bonds is 4. The van der Waals surface area contributed by atoms with Gasteiger partial charge in [0.15, 0.2) is 0 Å². The number of nitrogen functional groups attached to an aromatic ring is 1. The Hall–Kier alpha value is -3.23. The lowest BCUT2D eigenvalue weighted by molar-refractivity contribution is -0.387. The molecule has 0 amide bonds. The highest BCUT2D eigenvalue weighted by Gasteiger charge is 2.22. The van der Waals surface area contributed by atoms with Crippen molar-refractivity contribution in [1.82, 2.24) is 4.98 Å². The molecule has 0 saturated carbocycles. The van der Waals surface area contributed by atoms with E-state index in [4.69, 9.17) is 10.5 Å². The summed E-state index contributed by atoms with van der Waals surface area (Å²) in [4.78, 5) is 24.3. The molecule has 2 N–H and O–H groups in total. The summed E-state index contributed by atoms with van der Waals surface area (Å²) in [5, 5.41) is 21.9. The van der Waals surface area contributed by atoms with Crippen LogP contribution in [0.25, 0.3) is 0 Å². The molecule has 21 heavy (non-hydrogen) atoms. The van der Waals surface area contributed by atoms with Gasteiger partial charge in [-0.15, -0.1) is 0 Å². The van der Waals surface area contributed by atoms with Crippen molar-refractivity contribution in [2.45, 2.75) is 6.92 Å². The van der Waals surface area contributed by atoms with Crippen molar-refractivity contribution in [2.75, 3.05) is 5.73 Å². The number of aryl methyl sites for hydroxylation is 1. The number of benzene rings is 1. The lowest BCUT2D eigenvalue weighted by Crippen LogP contribution is -2.00. The molecular weight excluding hydrogens is 280 g/mol. The van der Waals surface area contributed by atoms with Gasteiger partial charge in [0.25, 0.3) is 0 Å². The minimum Gasteiger partial charge on any atom is -0.426 e. The summed E-state index contributed by atoms with van der Waals surface area (Å²) < 4.78 is 5.22. The first-order chi connectivity index (χ1) is 9.88. The van der Waals surface area contributed by atoms with Crippen LogP contribution in [0.1, 0.15) is 5.56 Å². The van der Waals surface area contributed by atoms with Crippen LogP contribution in [-0.2, 0) is 0 Å². The number of nitrogens with zero attached hydrogens (tertiary/aromatic N) is 3. The van der Waals surface area contributed by atoms with Gasteiger partial charge in [0.2, 0.25) is 5.75 Å². The molecule has 1 heterocycles. The molecule has 2 rings (SSSR count). The third-order valence-corrected chi connectivity index (χ3v) is 2.58. The van der Waals surface area contributed by atoms with Crippen molar-refractivity contribution in [3.63, 3.8) is 0 Å². The topological polar surface area (TPSA) is 134 Å². The first-order valence-corrected chi connectivity index (χ1v) is 5.72. The molecular formula is C12H10N4O5. The van der Waals surface area contributed by atoms with Crippen LogP contribution in [-0.4, -0.2) is 14.8 Å². The number of ether oxygens (including phenoxy) is 1. The van der Waals surface area contributed by atoms with Crippen molar-refractivity contribution in [2.24, 2.45) is 0 Å². The van der Waals surface area contributed by atoms with E-state index < -0.39 is 21.4 Å². The van der Waals surface area contributed by atoms with Crippen molar-refractivity contribution in [1.29, 1.82) is 0 Å². The fraction of sp³-hybridized carbons (Fsp3) is 0.0833. The maximum Gasteiger partial charge on any atom is 0.331 e. The van der Waals surface area contributed by atoms with Gasteiger partial charge in [-0.2, -0.15) is 4.98 Å². The molecule has 0 spiro atoms. The van der Waals surface area contributed by atoms with Gasteiger partial charge < -0.3 is 10.5 Å². The minimum atomic E-state index is -0.707. The average Bonchev–Trinajstić information content (AvgIpc) is 2.40. The summed E-state index contributed by atoms with van der Waals surface area (Å²) in [6.45, 7) is 1.68. The highest BCUT2D eigenvalue weighted by Crippen LogP contribution is 2.35. The molecule has 0 fully saturated rings. The van der Waals surface area contributed by atoms with E-state index in [1.807, 2.05) is 0 Å². The van der Waals surface area contributed by atoms with E-state index in [1.54, 1.807) is 13.0 Å². The highest BCUT2D eigenvalue weighted by molar-refractivity contribution is 5.54. The van der Waals surface area contributed by atoms with Gasteiger partial charge in [-0.05, 0) is 24.6 Å². The van der Waals surface area contributed by atoms with Crippen LogP contribution in [0, 0.1) is 27.2 Å². The summed E-state index contributed by atoms with van der Waals surface area (Å²) in [6.07, 6.45) is 0. The quantitative estimate of drug-likeness (QED) is 0.675. The van der Waals surface area contributed by atoms with Gasteiger partial charge in [0.1, 0.15) is 5.82 Å². The Morgan fingerprint density at radius 1 is 1.10 bits per heavy atom. The number of nitro groups is 2. The second kappa shape index (κ2) is 5.41. The molecule has 2 aromatic rings. The zero-order chi connectivity index (χ0) is 15.6. The van der Waals surface area contributed by atoms with Crippen LogP contribution < -0.4 is 10.5 Å². The second-order valence-corrected chi connectivity index (χ2v) is 4.15. The second-order valence-electron chi connectivity index (χ2n) is 4.15. The first-order valence-electron chi connectivity index (χ1n) is 5.72. The molecule has 0 aliphatic rings. The minimum absolute atomic E-state index is 0.00497. The van der Waals surface area contributed by atoms with E-state index in [0.29, 0.717) is 5.56 Å². The van der Waals surface area contributed by atoms with Crippen LogP contribution in [0.2, 0.25) is 0 Å². The van der Waals surface area contributed by atoms with E-state index in [9.17, 15) is 20.2 Å². The maximum atomic E-state index is 11.0. The van der Waals surface area contributed by atoms with E-state index >= 15 is 0 Å². The lowest BCUT2D eigenvalue weighted by Gasteiger charge is -2.07. The zero-order valence-electron chi connectivity index (χ0n) is 10.8. The molecule has 0 bridgehead atoms. The monoisotopic (exact) mass is 290 g/mol. The molecule has 9 nitrogen and oxygen atoms in total. The maximum absolute atomic E-state index is 11.0. The summed E-state index contributed by atoms with van der Waals surface area (Å²) in [7, 11) is 0. The van der Waals surface area contributed by atoms with Gasteiger partial charge in [0, 0.05) is 12.1 Å². The molecule has 0 saturated heterocycles. The third kappa shape index (κ3) is 3.03. The van der Waals surface area contributed by atoms with Crippen LogP contribution in [0.15, 0.2) is 30.3 Å². The van der Waals surface area contributed by atoms with Gasteiger partial charge in [0.05, 0.1) is 9.85 Å². The zero-order valence-corrected chi connectivity index (χ0v) is 10.8. The van der Waals surface area contributed by atoms with Gasteiger partial charge >= 0.3 is 17.3 Å². The number of nitro benzene ring substituents is 1. The Morgan fingerprint density at radius 2 is 1.76 bits per heavy atom. The molecule has 108 valence electrons. The summed E-state index contributed by atoms with van der Waals surface area (Å²) in [5.41, 5.74) is 5.37. The van der Waals surface area contributed by atoms with Gasteiger partial charge in [-0.1, -0.05) is 6.07 Å². The molecule has 0 aliphatic carbocycles. The molecule has 0 atom stereocenters. The number of aromatic nitrogens is 1. The largest absolute Gasteiger partial charge is 0.426 e. The highest BCUT2D eigenvalue weighted by atomic mass is 16.6. The lowest BCUT2D eigenvalue weighted by atomic mass is 10.2. The predicted molar refractivity (Wildman–Crippen MR) is 73.2 cm³/mol. The number of nitrogens with two attached hydrogens (primary N) is 1. The molecule has 1 aromatic carbocycles. The van der Waals surface area contributed by atoms with Crippen LogP contribution in [0.3, 0.4) is 0 Å². The Labute approximate surface area is 118 Å². The normalized spacial score (nSPS) is 10.1. The molecule has 0 aliphatic heterocycles. The van der Waals surface area contributed by atoms with Gasteiger partial charge in [-0.25, -0.2) is 0 Å². The van der Waals surface area contributed by atoms with Crippen LogP contribution in [0.5, 0.6) is 11.6 Å². The molecule has 9 heteroatoms. The first kappa shape index (κ1) is 14.2. The Balaban J connectivity index is 2.50.